The minimum atomic E-state index is -0.954. The Bertz CT molecular complexity index is 810. The number of aliphatic carboxylic acids is 1. The molecule has 0 aliphatic rings. The zero-order chi connectivity index (χ0) is 77.7. The van der Waals surface area contributed by atoms with Gasteiger partial charge in [-0.15, -0.1) is 0 Å². The lowest BCUT2D eigenvalue weighted by molar-refractivity contribution is -0.137. The standard InChI is InChI=1S/C8H16O2.14C3H8O3/c1-2-3-4-5-6-7-8(9)10;14*4-1-3(6)2-5/h2-7H2,1H3,(H,9,10);14*3-6H,1-2H2. The van der Waals surface area contributed by atoms with Crippen molar-refractivity contribution in [2.24, 2.45) is 0 Å². The largest absolute Gasteiger partial charge is 0.481 e. The van der Waals surface area contributed by atoms with Gasteiger partial charge in [-0.25, -0.2) is 0 Å². The molecule has 0 atom stereocenters. The first-order chi connectivity index (χ1) is 44.1. The molecule has 0 unspecified atom stereocenters. The van der Waals surface area contributed by atoms with E-state index in [1.54, 1.807) is 0 Å². The van der Waals surface area contributed by atoms with Crippen LogP contribution in [-0.2, 0) is 4.79 Å². The molecule has 0 saturated heterocycles. The summed E-state index contributed by atoms with van der Waals surface area (Å²) >= 11 is 0. The highest BCUT2D eigenvalue weighted by Gasteiger charge is 2.01. The predicted molar refractivity (Wildman–Crippen MR) is 324 cm³/mol. The maximum absolute atomic E-state index is 10.0. The Morgan fingerprint density at radius 3 is 0.319 bits per heavy atom. The van der Waals surface area contributed by atoms with E-state index in [4.69, 9.17) is 220 Å². The van der Waals surface area contributed by atoms with E-state index in [9.17, 15) is 4.79 Å². The quantitative estimate of drug-likeness (QED) is 0.0266. The van der Waals surface area contributed by atoms with Crippen molar-refractivity contribution < 1.29 is 224 Å². The molecule has 0 aromatic carbocycles. The summed E-state index contributed by atoms with van der Waals surface area (Å²) in [5.74, 6) is -0.670. The third-order valence-electron chi connectivity index (χ3n) is 7.40. The molecular formula is C50H128O44. The number of rotatable bonds is 34. The molecule has 0 aliphatic carbocycles. The third-order valence-corrected chi connectivity index (χ3v) is 7.40. The average Bonchev–Trinajstić information content (AvgIpc) is 3.63. The van der Waals surface area contributed by atoms with Crippen molar-refractivity contribution in [3.8, 4) is 0 Å². The second-order valence-corrected chi connectivity index (χ2v) is 16.8. The van der Waals surface area contributed by atoms with Gasteiger partial charge in [0.25, 0.3) is 0 Å². The van der Waals surface area contributed by atoms with Crippen molar-refractivity contribution >= 4 is 5.97 Å². The molecule has 0 aromatic heterocycles. The number of carboxylic acids is 1. The number of hydrogen-bond donors (Lipinski definition) is 43. The van der Waals surface area contributed by atoms with E-state index in [1.807, 2.05) is 0 Å². The van der Waals surface area contributed by atoms with Gasteiger partial charge in [0, 0.05) is 6.42 Å². The van der Waals surface area contributed by atoms with E-state index < -0.39 is 91.4 Å². The Morgan fingerprint density at radius 1 is 0.181 bits per heavy atom. The van der Waals surface area contributed by atoms with Gasteiger partial charge in [-0.1, -0.05) is 32.6 Å². The smallest absolute Gasteiger partial charge is 0.303 e. The zero-order valence-electron chi connectivity index (χ0n) is 53.3. The van der Waals surface area contributed by atoms with E-state index in [-0.39, 0.29) is 185 Å². The number of carboxylic acid groups (broad SMARTS) is 1. The first kappa shape index (κ1) is 128. The van der Waals surface area contributed by atoms with E-state index in [2.05, 4.69) is 6.92 Å². The second-order valence-electron chi connectivity index (χ2n) is 16.8. The molecule has 0 radical (unpaired) electrons. The van der Waals surface area contributed by atoms with Crippen molar-refractivity contribution in [2.75, 3.05) is 185 Å². The highest BCUT2D eigenvalue weighted by atomic mass is 16.4. The minimum absolute atomic E-state index is 0.337. The lowest BCUT2D eigenvalue weighted by atomic mass is 10.1. The predicted octanol–water partition coefficient (Wildman–Crippen LogP) is -20.9. The summed E-state index contributed by atoms with van der Waals surface area (Å²) in [6, 6.07) is 0. The SMILES string of the molecule is CCCCCCCC(=O)O.OCC(O)CO.OCC(O)CO.OCC(O)CO.OCC(O)CO.OCC(O)CO.OCC(O)CO.OCC(O)CO.OCC(O)CO.OCC(O)CO.OCC(O)CO.OCC(O)CO.OCC(O)CO.OCC(O)CO.OCC(O)CO. The number of unbranched alkanes of at least 4 members (excludes halogenated alkanes) is 4. The van der Waals surface area contributed by atoms with Gasteiger partial charge < -0.3 is 220 Å². The Hall–Kier alpha value is -2.21. The van der Waals surface area contributed by atoms with Gasteiger partial charge in [0.05, 0.1) is 185 Å². The maximum Gasteiger partial charge on any atom is 0.303 e. The third kappa shape index (κ3) is 192. The van der Waals surface area contributed by atoms with Crippen LogP contribution >= 0.6 is 0 Å². The Kier molecular flexibility index (Phi) is 169. The zero-order valence-corrected chi connectivity index (χ0v) is 53.3. The Labute approximate surface area is 545 Å². The molecule has 0 aromatic rings. The first-order valence-electron chi connectivity index (χ1n) is 27.9. The second kappa shape index (κ2) is 124. The fourth-order valence-electron chi connectivity index (χ4n) is 1.69. The van der Waals surface area contributed by atoms with Crippen molar-refractivity contribution in [1.82, 2.24) is 0 Å². The maximum atomic E-state index is 10.0. The van der Waals surface area contributed by atoms with Crippen LogP contribution in [0, 0.1) is 0 Å². The molecule has 0 aliphatic heterocycles. The molecular weight excluding hydrogens is 1300 g/mol. The molecule has 0 fully saturated rings. The molecule has 0 rings (SSSR count). The first-order valence-corrected chi connectivity index (χ1v) is 27.9. The van der Waals surface area contributed by atoms with Crippen LogP contribution in [0.2, 0.25) is 0 Å². The van der Waals surface area contributed by atoms with Gasteiger partial charge in [-0.2, -0.15) is 0 Å². The van der Waals surface area contributed by atoms with Gasteiger partial charge in [-0.3, -0.25) is 4.79 Å². The van der Waals surface area contributed by atoms with Crippen LogP contribution in [0.4, 0.5) is 0 Å². The summed E-state index contributed by atoms with van der Waals surface area (Å²) in [4.78, 5) is 10.0. The van der Waals surface area contributed by atoms with Crippen LogP contribution in [-0.4, -0.2) is 496 Å². The highest BCUT2D eigenvalue weighted by Crippen LogP contribution is 2.04. The molecule has 44 nitrogen and oxygen atoms in total. The highest BCUT2D eigenvalue weighted by molar-refractivity contribution is 5.66. The van der Waals surface area contributed by atoms with Crippen LogP contribution in [0.3, 0.4) is 0 Å². The van der Waals surface area contributed by atoms with Crippen molar-refractivity contribution in [3.63, 3.8) is 0 Å². The molecule has 0 heterocycles. The van der Waals surface area contributed by atoms with Crippen molar-refractivity contribution in [1.29, 1.82) is 0 Å². The van der Waals surface area contributed by atoms with E-state index in [0.717, 1.165) is 12.8 Å². The van der Waals surface area contributed by atoms with E-state index in [0.29, 0.717) is 6.42 Å². The van der Waals surface area contributed by atoms with Crippen molar-refractivity contribution in [2.45, 2.75) is 131 Å². The lowest BCUT2D eigenvalue weighted by Crippen LogP contribution is -2.15. The van der Waals surface area contributed by atoms with Crippen LogP contribution < -0.4 is 0 Å². The van der Waals surface area contributed by atoms with Crippen LogP contribution in [0.1, 0.15) is 45.4 Å². The van der Waals surface area contributed by atoms with Crippen molar-refractivity contribution in [3.05, 3.63) is 0 Å². The number of aliphatic hydroxyl groups is 42. The minimum Gasteiger partial charge on any atom is -0.481 e. The summed E-state index contributed by atoms with van der Waals surface area (Å²) in [5.41, 5.74) is 0. The summed E-state index contributed by atoms with van der Waals surface area (Å²) < 4.78 is 0. The fourth-order valence-corrected chi connectivity index (χ4v) is 1.69. The molecule has 0 bridgehead atoms. The van der Waals surface area contributed by atoms with E-state index in [1.165, 1.54) is 19.3 Å². The Morgan fingerprint density at radius 2 is 0.266 bits per heavy atom. The molecule has 0 saturated carbocycles. The molecule has 592 valence electrons. The summed E-state index contributed by atoms with van der Waals surface area (Å²) in [7, 11) is 0. The van der Waals surface area contributed by atoms with Crippen LogP contribution in [0.15, 0.2) is 0 Å². The fraction of sp³-hybridized carbons (Fsp3) is 0.980. The molecule has 94 heavy (non-hydrogen) atoms. The van der Waals surface area contributed by atoms with Gasteiger partial charge in [0.1, 0.15) is 85.5 Å². The molecule has 0 amide bonds. The van der Waals surface area contributed by atoms with Gasteiger partial charge in [-0.05, 0) is 6.42 Å². The number of carbonyl (C=O) groups is 1. The summed E-state index contributed by atoms with van der Waals surface area (Å²) in [6.45, 7) is -8.06. The topological polar surface area (TPSA) is 887 Å². The van der Waals surface area contributed by atoms with Crippen LogP contribution in [0.5, 0.6) is 0 Å². The normalized spacial score (nSPS) is 9.97. The van der Waals surface area contributed by atoms with Crippen LogP contribution in [0.25, 0.3) is 0 Å². The number of hydrogen-bond acceptors (Lipinski definition) is 43. The monoisotopic (exact) mass is 1430 g/mol. The molecule has 43 N–H and O–H groups in total. The average molecular weight is 1430 g/mol. The van der Waals surface area contributed by atoms with Gasteiger partial charge >= 0.3 is 5.97 Å². The molecule has 0 spiro atoms. The van der Waals surface area contributed by atoms with Gasteiger partial charge in [0.15, 0.2) is 0 Å². The Balaban J connectivity index is -0.0000000549. The van der Waals surface area contributed by atoms with Gasteiger partial charge in [0.2, 0.25) is 0 Å². The summed E-state index contributed by atoms with van der Waals surface area (Å²) in [6.07, 6.45) is -7.47. The van der Waals surface area contributed by atoms with E-state index >= 15 is 0 Å². The lowest BCUT2D eigenvalue weighted by Gasteiger charge is -1.96. The molecule has 44 heteroatoms. The number of aliphatic hydroxyl groups excluding tert-OH is 42. The summed E-state index contributed by atoms with van der Waals surface area (Å²) in [5, 5.41) is 344.